The lowest BCUT2D eigenvalue weighted by Gasteiger charge is -2.38. The smallest absolute Gasteiger partial charge is 0.247 e. The summed E-state index contributed by atoms with van der Waals surface area (Å²) in [5.74, 6) is 1.30. The highest BCUT2D eigenvalue weighted by molar-refractivity contribution is 6.31. The Kier molecular flexibility index (Phi) is 4.99. The second-order valence-corrected chi connectivity index (χ2v) is 8.11. The number of nitrogens with zero attached hydrogens (tertiary/aromatic N) is 3. The van der Waals surface area contributed by atoms with Crippen LogP contribution in [0, 0.1) is 5.92 Å². The summed E-state index contributed by atoms with van der Waals surface area (Å²) in [4.78, 5) is 17.0. The van der Waals surface area contributed by atoms with Gasteiger partial charge in [0.05, 0.1) is 5.92 Å². The van der Waals surface area contributed by atoms with Crippen LogP contribution in [0.25, 0.3) is 0 Å². The van der Waals surface area contributed by atoms with Crippen LogP contribution in [0.2, 0.25) is 5.02 Å². The van der Waals surface area contributed by atoms with Crippen LogP contribution < -0.4 is 16.1 Å². The molecule has 8 nitrogen and oxygen atoms in total. The number of benzene rings is 1. The van der Waals surface area contributed by atoms with E-state index in [0.717, 1.165) is 37.2 Å². The first-order valence-corrected chi connectivity index (χ1v) is 10.4. The number of rotatable bonds is 4. The monoisotopic (exact) mass is 414 g/mol. The number of hydrogen-bond donors (Lipinski definition) is 3. The molecule has 4 heterocycles. The molecule has 9 heteroatoms. The summed E-state index contributed by atoms with van der Waals surface area (Å²) in [6.45, 7) is 2.57. The van der Waals surface area contributed by atoms with Crippen LogP contribution >= 0.6 is 11.6 Å². The summed E-state index contributed by atoms with van der Waals surface area (Å²) in [6.07, 6.45) is 4.04. The Hall–Kier alpha value is -2.42. The van der Waals surface area contributed by atoms with Gasteiger partial charge in [-0.05, 0) is 37.6 Å². The van der Waals surface area contributed by atoms with Crippen molar-refractivity contribution in [2.24, 2.45) is 5.92 Å². The summed E-state index contributed by atoms with van der Waals surface area (Å²) in [6, 6.07) is 7.64. The van der Waals surface area contributed by atoms with Crippen molar-refractivity contribution in [3.8, 4) is 0 Å². The van der Waals surface area contributed by atoms with Crippen LogP contribution in [-0.4, -0.2) is 46.9 Å². The fourth-order valence-corrected chi connectivity index (χ4v) is 4.55. The molecular weight excluding hydrogens is 392 g/mol. The highest BCUT2D eigenvalue weighted by atomic mass is 35.5. The molecule has 3 N–H and O–H groups in total. The van der Waals surface area contributed by atoms with E-state index in [1.165, 1.54) is 0 Å². The van der Waals surface area contributed by atoms with Gasteiger partial charge in [0.1, 0.15) is 6.17 Å². The van der Waals surface area contributed by atoms with Crippen molar-refractivity contribution in [2.75, 3.05) is 19.6 Å². The van der Waals surface area contributed by atoms with E-state index in [1.54, 1.807) is 6.08 Å². The maximum Gasteiger partial charge on any atom is 0.247 e. The summed E-state index contributed by atoms with van der Waals surface area (Å²) in [5, 5.41) is 13.3. The largest absolute Gasteiger partial charge is 0.339 e. The molecule has 2 fully saturated rings. The maximum absolute atomic E-state index is 12.4. The Morgan fingerprint density at radius 2 is 2.07 bits per heavy atom. The normalized spacial score (nSPS) is 24.9. The van der Waals surface area contributed by atoms with E-state index in [1.807, 2.05) is 24.3 Å². The molecule has 0 bridgehead atoms. The third-order valence-electron chi connectivity index (χ3n) is 5.85. The second-order valence-electron chi connectivity index (χ2n) is 7.70. The van der Waals surface area contributed by atoms with Crippen LogP contribution in [0.3, 0.4) is 0 Å². The van der Waals surface area contributed by atoms with E-state index >= 15 is 0 Å². The van der Waals surface area contributed by atoms with E-state index in [9.17, 15) is 4.79 Å². The number of fused-ring (bicyclic) bond motifs is 1. The zero-order chi connectivity index (χ0) is 19.8. The number of nitrogens with one attached hydrogen (secondary N) is 3. The SMILES string of the molecule is O=C1C=C(C2CCNCC2)N2NCC(c3nc(Cc4ccccc4Cl)no3)C2N1. The molecular formula is C20H23ClN6O2. The first-order valence-electron chi connectivity index (χ1n) is 10.0. The minimum atomic E-state index is -0.231. The minimum Gasteiger partial charge on any atom is -0.339 e. The molecule has 29 heavy (non-hydrogen) atoms. The highest BCUT2D eigenvalue weighted by Crippen LogP contribution is 2.34. The van der Waals surface area contributed by atoms with Crippen LogP contribution in [0.5, 0.6) is 0 Å². The van der Waals surface area contributed by atoms with Gasteiger partial charge in [-0.25, -0.2) is 5.43 Å². The number of hydrogen-bond acceptors (Lipinski definition) is 7. The Morgan fingerprint density at radius 3 is 2.90 bits per heavy atom. The lowest BCUT2D eigenvalue weighted by Crippen LogP contribution is -2.53. The number of aromatic nitrogens is 2. The molecule has 3 aliphatic heterocycles. The molecule has 5 rings (SSSR count). The molecule has 0 spiro atoms. The van der Waals surface area contributed by atoms with Crippen LogP contribution in [0.15, 0.2) is 40.6 Å². The second kappa shape index (κ2) is 7.78. The molecule has 0 aliphatic carbocycles. The molecule has 1 aromatic heterocycles. The number of hydrazine groups is 1. The van der Waals surface area contributed by atoms with Gasteiger partial charge in [-0.3, -0.25) is 9.80 Å². The van der Waals surface area contributed by atoms with Crippen LogP contribution in [0.4, 0.5) is 0 Å². The summed E-state index contributed by atoms with van der Waals surface area (Å²) in [7, 11) is 0. The Balaban J connectivity index is 1.34. The van der Waals surface area contributed by atoms with Gasteiger partial charge in [0, 0.05) is 35.7 Å². The molecule has 0 radical (unpaired) electrons. The predicted molar refractivity (Wildman–Crippen MR) is 107 cm³/mol. The van der Waals surface area contributed by atoms with Crippen molar-refractivity contribution >= 4 is 17.5 Å². The van der Waals surface area contributed by atoms with Crippen molar-refractivity contribution in [1.29, 1.82) is 0 Å². The molecule has 2 unspecified atom stereocenters. The van der Waals surface area contributed by atoms with Gasteiger partial charge >= 0.3 is 0 Å². The third kappa shape index (κ3) is 3.63. The molecule has 152 valence electrons. The van der Waals surface area contributed by atoms with Crippen molar-refractivity contribution in [2.45, 2.75) is 31.3 Å². The van der Waals surface area contributed by atoms with E-state index in [0.29, 0.717) is 35.6 Å². The Morgan fingerprint density at radius 1 is 1.24 bits per heavy atom. The van der Waals surface area contributed by atoms with Gasteiger partial charge in [-0.2, -0.15) is 4.98 Å². The average molecular weight is 415 g/mol. The van der Waals surface area contributed by atoms with E-state index in [2.05, 4.69) is 31.2 Å². The number of piperidine rings is 1. The summed E-state index contributed by atoms with van der Waals surface area (Å²) < 4.78 is 5.57. The van der Waals surface area contributed by atoms with Gasteiger partial charge in [-0.15, -0.1) is 0 Å². The first-order chi connectivity index (χ1) is 14.2. The number of amides is 1. The van der Waals surface area contributed by atoms with Gasteiger partial charge < -0.3 is 15.2 Å². The number of carbonyl (C=O) groups excluding carboxylic acids is 1. The van der Waals surface area contributed by atoms with Crippen LogP contribution in [-0.2, 0) is 11.2 Å². The average Bonchev–Trinajstić information content (AvgIpc) is 3.36. The topological polar surface area (TPSA) is 95.3 Å². The van der Waals surface area contributed by atoms with E-state index < -0.39 is 0 Å². The van der Waals surface area contributed by atoms with Gasteiger partial charge in [0.15, 0.2) is 5.82 Å². The van der Waals surface area contributed by atoms with Crippen LogP contribution in [0.1, 0.15) is 36.0 Å². The molecule has 2 atom stereocenters. The first kappa shape index (κ1) is 18.6. The third-order valence-corrected chi connectivity index (χ3v) is 6.22. The van der Waals surface area contributed by atoms with Crippen molar-refractivity contribution < 1.29 is 9.32 Å². The number of allylic oxidation sites excluding steroid dienone is 1. The summed E-state index contributed by atoms with van der Waals surface area (Å²) >= 11 is 6.24. The van der Waals surface area contributed by atoms with Gasteiger partial charge in [0.2, 0.25) is 11.8 Å². The number of carbonyl (C=O) groups is 1. The highest BCUT2D eigenvalue weighted by Gasteiger charge is 2.44. The summed E-state index contributed by atoms with van der Waals surface area (Å²) in [5.41, 5.74) is 5.43. The Labute approximate surface area is 173 Å². The van der Waals surface area contributed by atoms with Crippen molar-refractivity contribution in [3.63, 3.8) is 0 Å². The lowest BCUT2D eigenvalue weighted by atomic mass is 9.92. The molecule has 3 aliphatic rings. The van der Waals surface area contributed by atoms with E-state index in [4.69, 9.17) is 16.1 Å². The van der Waals surface area contributed by atoms with Gasteiger partial charge in [0.25, 0.3) is 0 Å². The van der Waals surface area contributed by atoms with Crippen molar-refractivity contribution in [1.82, 2.24) is 31.2 Å². The lowest BCUT2D eigenvalue weighted by molar-refractivity contribution is -0.119. The van der Waals surface area contributed by atoms with E-state index in [-0.39, 0.29) is 18.0 Å². The number of halogens is 1. The zero-order valence-corrected chi connectivity index (χ0v) is 16.7. The standard InChI is InChI=1S/C20H23ClN6O2/c21-15-4-2-1-3-13(15)9-17-24-20(29-26-17)14-11-23-27-16(10-18(28)25-19(14)27)12-5-7-22-8-6-12/h1-4,10,12,14,19,22-23H,5-9,11H2,(H,25,28). The van der Waals surface area contributed by atoms with Crippen molar-refractivity contribution in [3.05, 3.63) is 58.3 Å². The molecule has 0 saturated carbocycles. The minimum absolute atomic E-state index is 0.0655. The Bertz CT molecular complexity index is 939. The fraction of sp³-hybridized carbons (Fsp3) is 0.450. The quantitative estimate of drug-likeness (QED) is 0.698. The molecule has 1 amide bonds. The molecule has 2 aromatic rings. The van der Waals surface area contributed by atoms with Gasteiger partial charge in [-0.1, -0.05) is 35.0 Å². The molecule has 2 saturated heterocycles. The zero-order valence-electron chi connectivity index (χ0n) is 15.9. The molecule has 1 aromatic carbocycles. The maximum atomic E-state index is 12.4. The predicted octanol–water partition coefficient (Wildman–Crippen LogP) is 1.56. The fourth-order valence-electron chi connectivity index (χ4n) is 4.35.